The van der Waals surface area contributed by atoms with Crippen LogP contribution < -0.4 is 10.5 Å². The lowest BCUT2D eigenvalue weighted by Crippen LogP contribution is -2.54. The van der Waals surface area contributed by atoms with Crippen LogP contribution in [0.2, 0.25) is 0 Å². The Morgan fingerprint density at radius 1 is 1.25 bits per heavy atom. The van der Waals surface area contributed by atoms with Gasteiger partial charge in [-0.15, -0.1) is 0 Å². The van der Waals surface area contributed by atoms with Crippen molar-refractivity contribution < 1.29 is 23.8 Å². The number of hydrogen-bond donors (Lipinski definition) is 1. The lowest BCUT2D eigenvalue weighted by molar-refractivity contribution is -0.151. The van der Waals surface area contributed by atoms with Gasteiger partial charge in [0.25, 0.3) is 0 Å². The Labute approximate surface area is 186 Å². The molecule has 0 bridgehead atoms. The van der Waals surface area contributed by atoms with Gasteiger partial charge in [-0.1, -0.05) is 6.92 Å². The summed E-state index contributed by atoms with van der Waals surface area (Å²) in [7, 11) is 0. The second-order valence-corrected chi connectivity index (χ2v) is 8.50. The fourth-order valence-corrected chi connectivity index (χ4v) is 5.02. The maximum atomic E-state index is 13.7. The zero-order chi connectivity index (χ0) is 22.8. The van der Waals surface area contributed by atoms with Crippen LogP contribution in [-0.4, -0.2) is 54.2 Å². The highest BCUT2D eigenvalue weighted by Crippen LogP contribution is 2.33. The summed E-state index contributed by atoms with van der Waals surface area (Å²) in [5.41, 5.74) is 0.881. The van der Waals surface area contributed by atoms with Crippen molar-refractivity contribution >= 4 is 28.5 Å². The molecule has 172 valence electrons. The molecule has 4 rings (SSSR count). The van der Waals surface area contributed by atoms with Crippen molar-refractivity contribution in [2.24, 2.45) is 5.92 Å². The van der Waals surface area contributed by atoms with E-state index in [0.29, 0.717) is 43.5 Å². The molecule has 8 heteroatoms. The van der Waals surface area contributed by atoms with Gasteiger partial charge in [0.2, 0.25) is 5.91 Å². The number of esters is 1. The Bertz CT molecular complexity index is 1080. The molecule has 0 radical (unpaired) electrons. The minimum absolute atomic E-state index is 0.0850. The van der Waals surface area contributed by atoms with Gasteiger partial charge in [0.15, 0.2) is 0 Å². The average Bonchev–Trinajstić information content (AvgIpc) is 2.80. The van der Waals surface area contributed by atoms with Gasteiger partial charge in [-0.2, -0.15) is 0 Å². The summed E-state index contributed by atoms with van der Waals surface area (Å²) in [6.07, 6.45) is 3.49. The summed E-state index contributed by atoms with van der Waals surface area (Å²) in [6.45, 7) is 5.72. The SMILES string of the molecule is CCOC(=O)C1CCCN(C(CC)C(=O)N2CCCc3c2c(=O)oc2ccc(O)cc32)C1. The van der Waals surface area contributed by atoms with E-state index < -0.39 is 11.7 Å². The number of fused-ring (bicyclic) bond motifs is 3. The fraction of sp³-hybridized carbons (Fsp3) is 0.542. The van der Waals surface area contributed by atoms with E-state index in [9.17, 15) is 19.5 Å². The molecule has 2 unspecified atom stereocenters. The molecule has 8 nitrogen and oxygen atoms in total. The maximum absolute atomic E-state index is 13.7. The molecule has 1 N–H and O–H groups in total. The van der Waals surface area contributed by atoms with Crippen LogP contribution in [0, 0.1) is 5.92 Å². The molecule has 32 heavy (non-hydrogen) atoms. The van der Waals surface area contributed by atoms with Crippen LogP contribution in [0.25, 0.3) is 11.0 Å². The number of nitrogens with zero attached hydrogens (tertiary/aromatic N) is 2. The van der Waals surface area contributed by atoms with Crippen molar-refractivity contribution in [3.8, 4) is 5.75 Å². The monoisotopic (exact) mass is 442 g/mol. The zero-order valence-corrected chi connectivity index (χ0v) is 18.6. The van der Waals surface area contributed by atoms with Crippen molar-refractivity contribution in [1.82, 2.24) is 4.90 Å². The summed E-state index contributed by atoms with van der Waals surface area (Å²) >= 11 is 0. The highest BCUT2D eigenvalue weighted by atomic mass is 16.5. The number of aromatic hydroxyl groups is 1. The third kappa shape index (κ3) is 4.11. The van der Waals surface area contributed by atoms with E-state index in [2.05, 4.69) is 4.90 Å². The molecule has 1 saturated heterocycles. The Kier molecular flexibility index (Phi) is 6.50. The van der Waals surface area contributed by atoms with Crippen molar-refractivity contribution in [3.63, 3.8) is 0 Å². The van der Waals surface area contributed by atoms with Gasteiger partial charge in [-0.05, 0) is 69.3 Å². The molecule has 0 spiro atoms. The second kappa shape index (κ2) is 9.32. The van der Waals surface area contributed by atoms with E-state index in [1.165, 1.54) is 6.07 Å². The van der Waals surface area contributed by atoms with Crippen LogP contribution in [0.15, 0.2) is 27.4 Å². The summed E-state index contributed by atoms with van der Waals surface area (Å²) in [5, 5.41) is 10.6. The number of benzene rings is 1. The Balaban J connectivity index is 1.65. The van der Waals surface area contributed by atoms with Crippen LogP contribution in [0.5, 0.6) is 5.75 Å². The van der Waals surface area contributed by atoms with Gasteiger partial charge >= 0.3 is 11.6 Å². The zero-order valence-electron chi connectivity index (χ0n) is 18.6. The van der Waals surface area contributed by atoms with E-state index in [-0.39, 0.29) is 29.2 Å². The first-order valence-corrected chi connectivity index (χ1v) is 11.4. The predicted octanol–water partition coefficient (Wildman–Crippen LogP) is 2.83. The topological polar surface area (TPSA) is 100 Å². The summed E-state index contributed by atoms with van der Waals surface area (Å²) < 4.78 is 10.7. The number of hydrogen-bond acceptors (Lipinski definition) is 7. The molecule has 1 aromatic carbocycles. The number of piperidine rings is 1. The Hall–Kier alpha value is -2.87. The summed E-state index contributed by atoms with van der Waals surface area (Å²) in [4.78, 5) is 42.4. The second-order valence-electron chi connectivity index (χ2n) is 8.50. The van der Waals surface area contributed by atoms with Gasteiger partial charge < -0.3 is 19.2 Å². The Morgan fingerprint density at radius 2 is 2.06 bits per heavy atom. The number of phenolic OH excluding ortho intramolecular Hbond substituents is 1. The number of ether oxygens (including phenoxy) is 1. The third-order valence-electron chi connectivity index (χ3n) is 6.50. The molecular formula is C24H30N2O6. The predicted molar refractivity (Wildman–Crippen MR) is 120 cm³/mol. The van der Waals surface area contributed by atoms with Crippen molar-refractivity contribution in [2.45, 2.75) is 52.0 Å². The largest absolute Gasteiger partial charge is 0.508 e. The molecule has 2 aromatic rings. The molecule has 1 fully saturated rings. The first-order valence-electron chi connectivity index (χ1n) is 11.4. The molecule has 2 aliphatic rings. The molecule has 1 amide bonds. The number of carbonyl (C=O) groups excluding carboxylic acids is 2. The van der Waals surface area contributed by atoms with Gasteiger partial charge in [-0.25, -0.2) is 4.79 Å². The number of likely N-dealkylation sites (tertiary alicyclic amines) is 1. The van der Waals surface area contributed by atoms with Gasteiger partial charge in [0, 0.05) is 18.5 Å². The van der Waals surface area contributed by atoms with Crippen molar-refractivity contribution in [3.05, 3.63) is 34.2 Å². The summed E-state index contributed by atoms with van der Waals surface area (Å²) in [6, 6.07) is 4.20. The van der Waals surface area contributed by atoms with E-state index in [0.717, 1.165) is 31.4 Å². The normalized spacial score (nSPS) is 20.1. The lowest BCUT2D eigenvalue weighted by Gasteiger charge is -2.39. The van der Waals surface area contributed by atoms with Gasteiger partial charge in [-0.3, -0.25) is 14.5 Å². The lowest BCUT2D eigenvalue weighted by atomic mass is 9.94. The number of amides is 1. The average molecular weight is 443 g/mol. The van der Waals surface area contributed by atoms with Crippen LogP contribution >= 0.6 is 0 Å². The van der Waals surface area contributed by atoms with Crippen LogP contribution in [0.3, 0.4) is 0 Å². The molecule has 2 aliphatic heterocycles. The quantitative estimate of drug-likeness (QED) is 0.561. The standard InChI is InChI=1S/C24H30N2O6/c1-3-19(25-11-5-7-15(14-25)23(29)31-4-2)22(28)26-12-6-8-17-18-13-16(27)9-10-20(18)32-24(30)21(17)26/h9-10,13,15,19,27H,3-8,11-12,14H2,1-2H3. The minimum Gasteiger partial charge on any atom is -0.508 e. The van der Waals surface area contributed by atoms with E-state index in [1.54, 1.807) is 24.0 Å². The maximum Gasteiger partial charge on any atom is 0.360 e. The van der Waals surface area contributed by atoms with E-state index in [1.807, 2.05) is 6.92 Å². The van der Waals surface area contributed by atoms with E-state index >= 15 is 0 Å². The number of rotatable bonds is 5. The van der Waals surface area contributed by atoms with Gasteiger partial charge in [0.05, 0.1) is 18.6 Å². The first-order chi connectivity index (χ1) is 15.4. The third-order valence-corrected chi connectivity index (χ3v) is 6.50. The smallest absolute Gasteiger partial charge is 0.360 e. The number of aryl methyl sites for hydroxylation is 1. The van der Waals surface area contributed by atoms with Gasteiger partial charge in [0.1, 0.15) is 17.0 Å². The highest BCUT2D eigenvalue weighted by Gasteiger charge is 2.37. The number of carbonyl (C=O) groups is 2. The highest BCUT2D eigenvalue weighted by molar-refractivity contribution is 6.00. The molecular weight excluding hydrogens is 412 g/mol. The first kappa shape index (κ1) is 22.3. The van der Waals surface area contributed by atoms with Crippen LogP contribution in [0.1, 0.15) is 45.1 Å². The molecule has 0 saturated carbocycles. The van der Waals surface area contributed by atoms with Crippen LogP contribution in [0.4, 0.5) is 5.69 Å². The minimum atomic E-state index is -0.538. The Morgan fingerprint density at radius 3 is 2.81 bits per heavy atom. The molecule has 2 atom stereocenters. The van der Waals surface area contributed by atoms with E-state index in [4.69, 9.17) is 9.15 Å². The molecule has 1 aromatic heterocycles. The number of anilines is 1. The fourth-order valence-electron chi connectivity index (χ4n) is 5.02. The van der Waals surface area contributed by atoms with Crippen LogP contribution in [-0.2, 0) is 20.7 Å². The number of phenols is 1. The van der Waals surface area contributed by atoms with Crippen molar-refractivity contribution in [2.75, 3.05) is 31.1 Å². The summed E-state index contributed by atoms with van der Waals surface area (Å²) in [5.74, 6) is -0.516. The molecule has 0 aliphatic carbocycles. The molecule has 3 heterocycles. The van der Waals surface area contributed by atoms with Crippen molar-refractivity contribution in [1.29, 1.82) is 0 Å².